The van der Waals surface area contributed by atoms with Crippen LogP contribution in [0.3, 0.4) is 0 Å². The second-order valence-electron chi connectivity index (χ2n) is 6.50. The van der Waals surface area contributed by atoms with E-state index < -0.39 is 10.8 Å². The summed E-state index contributed by atoms with van der Waals surface area (Å²) in [5.41, 5.74) is 9.84. The summed E-state index contributed by atoms with van der Waals surface area (Å²) in [7, 11) is -1.58. The summed E-state index contributed by atoms with van der Waals surface area (Å²) < 4.78 is 23.3. The van der Waals surface area contributed by atoms with E-state index in [0.717, 1.165) is 0 Å². The number of halogens is 1. The Morgan fingerprint density at radius 1 is 1.19 bits per heavy atom. The molecule has 166 valence electrons. The van der Waals surface area contributed by atoms with Gasteiger partial charge in [-0.2, -0.15) is 0 Å². The summed E-state index contributed by atoms with van der Waals surface area (Å²) in [4.78, 5) is 19.1. The highest BCUT2D eigenvalue weighted by atomic mass is 35.5. The van der Waals surface area contributed by atoms with E-state index in [9.17, 15) is 9.00 Å². The highest BCUT2D eigenvalue weighted by Gasteiger charge is 2.16. The molecule has 32 heavy (non-hydrogen) atoms. The van der Waals surface area contributed by atoms with Crippen LogP contribution in [0.1, 0.15) is 28.9 Å². The van der Waals surface area contributed by atoms with Crippen LogP contribution in [-0.4, -0.2) is 44.9 Å². The Morgan fingerprint density at radius 3 is 2.72 bits per heavy atom. The van der Waals surface area contributed by atoms with Crippen molar-refractivity contribution in [1.29, 1.82) is 0 Å². The number of azide groups is 1. The molecule has 10 nitrogen and oxygen atoms in total. The quantitative estimate of drug-likeness (QED) is 0.124. The van der Waals surface area contributed by atoms with Gasteiger partial charge in [0.2, 0.25) is 5.89 Å². The number of nitrogens with zero attached hydrogens (tertiary/aromatic N) is 6. The van der Waals surface area contributed by atoms with Crippen LogP contribution >= 0.6 is 11.6 Å². The van der Waals surface area contributed by atoms with Gasteiger partial charge in [-0.1, -0.05) is 21.8 Å². The zero-order valence-corrected chi connectivity index (χ0v) is 18.5. The average Bonchev–Trinajstić information content (AvgIpc) is 3.30. The molecule has 1 aromatic carbocycles. The van der Waals surface area contributed by atoms with Crippen LogP contribution in [0.15, 0.2) is 57.3 Å². The first-order valence-corrected chi connectivity index (χ1v) is 11.3. The fraction of sp³-hybridized carbons (Fsp3) is 0.300. The summed E-state index contributed by atoms with van der Waals surface area (Å²) in [6, 6.07) is 10.2. The van der Waals surface area contributed by atoms with Gasteiger partial charge in [0.1, 0.15) is 10.8 Å². The van der Waals surface area contributed by atoms with Crippen LogP contribution in [0.2, 0.25) is 5.02 Å². The van der Waals surface area contributed by atoms with Crippen molar-refractivity contribution in [2.45, 2.75) is 23.8 Å². The van der Waals surface area contributed by atoms with Gasteiger partial charge in [-0.15, -0.1) is 5.10 Å². The molecule has 2 heterocycles. The number of ketones is 1. The van der Waals surface area contributed by atoms with E-state index >= 15 is 0 Å². The Balaban J connectivity index is 1.49. The zero-order chi connectivity index (χ0) is 22.8. The van der Waals surface area contributed by atoms with Crippen molar-refractivity contribution < 1.29 is 18.2 Å². The average molecular weight is 475 g/mol. The van der Waals surface area contributed by atoms with E-state index in [1.807, 2.05) is 0 Å². The lowest BCUT2D eigenvalue weighted by Crippen LogP contribution is -2.05. The first-order chi connectivity index (χ1) is 15.6. The summed E-state index contributed by atoms with van der Waals surface area (Å²) in [5, 5.41) is 11.7. The van der Waals surface area contributed by atoms with E-state index in [4.69, 9.17) is 26.3 Å². The standard InChI is InChI=1S/C20H19ClN6O4S/c21-16-6-3-14(4-7-16)19-25-26-20(31-19)32(29)13-17-8-5-15(12-23-17)18(28)2-1-10-30-11-9-24-27-22/h3-8,12H,1-2,9-11,13H2. The van der Waals surface area contributed by atoms with Gasteiger partial charge in [0.05, 0.1) is 18.1 Å². The lowest BCUT2D eigenvalue weighted by molar-refractivity contribution is 0.0943. The zero-order valence-electron chi connectivity index (χ0n) is 16.9. The molecule has 0 N–H and O–H groups in total. The maximum atomic E-state index is 12.5. The first kappa shape index (κ1) is 23.6. The molecule has 0 amide bonds. The third kappa shape index (κ3) is 6.96. The van der Waals surface area contributed by atoms with E-state index in [1.54, 1.807) is 36.4 Å². The number of carbonyl (C=O) groups excluding carboxylic acids is 1. The minimum absolute atomic E-state index is 0.00244. The minimum atomic E-state index is -1.58. The van der Waals surface area contributed by atoms with Crippen LogP contribution in [0.25, 0.3) is 21.9 Å². The first-order valence-electron chi connectivity index (χ1n) is 9.61. The Kier molecular flexibility index (Phi) is 8.88. The normalized spacial score (nSPS) is 11.7. The Bertz CT molecular complexity index is 1110. The topological polar surface area (TPSA) is 144 Å². The third-order valence-electron chi connectivity index (χ3n) is 4.21. The predicted molar refractivity (Wildman–Crippen MR) is 117 cm³/mol. The van der Waals surface area contributed by atoms with Gasteiger partial charge in [-0.25, -0.2) is 4.21 Å². The Morgan fingerprint density at radius 2 is 2.00 bits per heavy atom. The fourth-order valence-corrected chi connectivity index (χ4v) is 3.61. The molecule has 3 aromatic rings. The molecule has 0 aliphatic carbocycles. The van der Waals surface area contributed by atoms with Crippen LogP contribution in [0.4, 0.5) is 0 Å². The van der Waals surface area contributed by atoms with Crippen molar-refractivity contribution in [3.05, 3.63) is 69.3 Å². The SMILES string of the molecule is [N-]=[N+]=NCCOCCCC(=O)c1ccc(CS(=O)c2nnc(-c3ccc(Cl)cc3)o2)nc1. The molecule has 0 saturated heterocycles. The second kappa shape index (κ2) is 12.1. The number of rotatable bonds is 12. The van der Waals surface area contributed by atoms with Crippen LogP contribution in [0.5, 0.6) is 0 Å². The molecule has 3 rings (SSSR count). The smallest absolute Gasteiger partial charge is 0.308 e. The van der Waals surface area contributed by atoms with Gasteiger partial charge in [0, 0.05) is 46.8 Å². The fourth-order valence-electron chi connectivity index (χ4n) is 2.61. The number of hydrogen-bond acceptors (Lipinski definition) is 8. The second-order valence-corrected chi connectivity index (χ2v) is 8.27. The molecule has 0 spiro atoms. The molecule has 1 unspecified atom stereocenters. The highest BCUT2D eigenvalue weighted by Crippen LogP contribution is 2.22. The molecular formula is C20H19ClN6O4S. The van der Waals surface area contributed by atoms with Crippen molar-refractivity contribution in [3.63, 3.8) is 0 Å². The van der Waals surface area contributed by atoms with E-state index in [0.29, 0.717) is 47.9 Å². The van der Waals surface area contributed by atoms with Crippen LogP contribution in [-0.2, 0) is 21.3 Å². The van der Waals surface area contributed by atoms with Crippen LogP contribution < -0.4 is 0 Å². The van der Waals surface area contributed by atoms with Gasteiger partial charge in [-0.3, -0.25) is 9.78 Å². The number of hydrogen-bond donors (Lipinski definition) is 0. The molecule has 0 fully saturated rings. The van der Waals surface area contributed by atoms with Crippen molar-refractivity contribution in [3.8, 4) is 11.5 Å². The van der Waals surface area contributed by atoms with E-state index in [2.05, 4.69) is 25.2 Å². The van der Waals surface area contributed by atoms with Gasteiger partial charge in [-0.05, 0) is 48.4 Å². The number of ether oxygens (including phenoxy) is 1. The van der Waals surface area contributed by atoms with Crippen molar-refractivity contribution in [2.24, 2.45) is 5.11 Å². The third-order valence-corrected chi connectivity index (χ3v) is 5.57. The summed E-state index contributed by atoms with van der Waals surface area (Å²) >= 11 is 5.87. The monoisotopic (exact) mass is 474 g/mol. The largest absolute Gasteiger partial charge is 0.409 e. The predicted octanol–water partition coefficient (Wildman–Crippen LogP) is 4.38. The molecule has 0 bridgehead atoms. The molecule has 0 aliphatic heterocycles. The molecule has 0 aliphatic rings. The molecular weight excluding hydrogens is 456 g/mol. The van der Waals surface area contributed by atoms with E-state index in [1.165, 1.54) is 6.20 Å². The lowest BCUT2D eigenvalue weighted by Gasteiger charge is -2.04. The molecule has 12 heteroatoms. The van der Waals surface area contributed by atoms with Crippen molar-refractivity contribution in [1.82, 2.24) is 15.2 Å². The number of pyridine rings is 1. The van der Waals surface area contributed by atoms with Gasteiger partial charge in [0.15, 0.2) is 5.78 Å². The number of carbonyl (C=O) groups is 1. The molecule has 1 atom stereocenters. The van der Waals surface area contributed by atoms with Gasteiger partial charge < -0.3 is 9.15 Å². The number of Topliss-reactive ketones (excluding diaryl/α,β-unsaturated/α-hetero) is 1. The molecule has 2 aromatic heterocycles. The van der Waals surface area contributed by atoms with Crippen LogP contribution in [0, 0.1) is 0 Å². The number of aromatic nitrogens is 3. The summed E-state index contributed by atoms with van der Waals surface area (Å²) in [5.74, 6) is 0.268. The molecule has 0 radical (unpaired) electrons. The Labute approximate surface area is 191 Å². The summed E-state index contributed by atoms with van der Waals surface area (Å²) in [6.07, 6.45) is 2.32. The maximum Gasteiger partial charge on any atom is 0.308 e. The van der Waals surface area contributed by atoms with Gasteiger partial charge >= 0.3 is 5.22 Å². The Hall–Kier alpha value is -3.11. The summed E-state index contributed by atoms with van der Waals surface area (Å²) in [6.45, 7) is 0.996. The van der Waals surface area contributed by atoms with Crippen molar-refractivity contribution in [2.75, 3.05) is 19.8 Å². The maximum absolute atomic E-state index is 12.5. The number of benzene rings is 1. The van der Waals surface area contributed by atoms with Crippen molar-refractivity contribution >= 4 is 28.2 Å². The molecule has 0 saturated carbocycles. The van der Waals surface area contributed by atoms with E-state index in [-0.39, 0.29) is 29.2 Å². The highest BCUT2D eigenvalue weighted by molar-refractivity contribution is 7.83. The van der Waals surface area contributed by atoms with Gasteiger partial charge in [0.25, 0.3) is 0 Å². The lowest BCUT2D eigenvalue weighted by atomic mass is 10.1. The minimum Gasteiger partial charge on any atom is -0.409 e.